The second-order valence-corrected chi connectivity index (χ2v) is 7.26. The molecule has 1 N–H and O–H groups in total. The number of hydrogen-bond donors (Lipinski definition) is 1. The molecule has 1 saturated heterocycles. The van der Waals surface area contributed by atoms with Crippen LogP contribution < -0.4 is 14.5 Å². The molecule has 0 aliphatic carbocycles. The van der Waals surface area contributed by atoms with E-state index in [1.165, 1.54) is 16.7 Å². The van der Waals surface area contributed by atoms with Crippen molar-refractivity contribution in [2.45, 2.75) is 20.8 Å². The highest BCUT2D eigenvalue weighted by Crippen LogP contribution is 2.36. The Morgan fingerprint density at radius 1 is 0.786 bits per heavy atom. The van der Waals surface area contributed by atoms with Crippen molar-refractivity contribution in [3.63, 3.8) is 0 Å². The summed E-state index contributed by atoms with van der Waals surface area (Å²) >= 11 is 0. The molecule has 3 aromatic carbocycles. The van der Waals surface area contributed by atoms with Crippen molar-refractivity contribution < 1.29 is 4.74 Å². The van der Waals surface area contributed by atoms with Gasteiger partial charge in [0.2, 0.25) is 5.96 Å². The Morgan fingerprint density at radius 3 is 2.11 bits per heavy atom. The second-order valence-electron chi connectivity index (χ2n) is 7.26. The summed E-state index contributed by atoms with van der Waals surface area (Å²) in [6.45, 7) is 7.89. The molecule has 3 aromatic rings. The number of aryl methyl sites for hydroxylation is 3. The number of nitrogens with zero attached hydrogens (tertiary/aromatic N) is 2. The van der Waals surface area contributed by atoms with Crippen LogP contribution in [0, 0.1) is 26.2 Å². The molecule has 0 aromatic heterocycles. The summed E-state index contributed by atoms with van der Waals surface area (Å²) in [5, 5.41) is 8.86. The van der Waals surface area contributed by atoms with Gasteiger partial charge in [0.15, 0.2) is 5.75 Å². The molecule has 4 heteroatoms. The summed E-state index contributed by atoms with van der Waals surface area (Å²) in [5.41, 5.74) is 5.72. The minimum Gasteiger partial charge on any atom is -0.455 e. The van der Waals surface area contributed by atoms with Crippen LogP contribution in [0.25, 0.3) is 0 Å². The van der Waals surface area contributed by atoms with Crippen molar-refractivity contribution >= 4 is 17.3 Å². The molecule has 1 aliphatic heterocycles. The third-order valence-corrected chi connectivity index (χ3v) is 5.09. The molecular formula is C24H25N3O. The minimum absolute atomic E-state index is 0.485. The number of para-hydroxylation sites is 3. The van der Waals surface area contributed by atoms with Crippen molar-refractivity contribution in [3.8, 4) is 11.5 Å². The first kappa shape index (κ1) is 18.1. The van der Waals surface area contributed by atoms with Crippen molar-refractivity contribution in [2.75, 3.05) is 22.9 Å². The van der Waals surface area contributed by atoms with E-state index in [-0.39, 0.29) is 0 Å². The van der Waals surface area contributed by atoms with Crippen molar-refractivity contribution in [3.05, 3.63) is 83.4 Å². The molecule has 4 nitrogen and oxygen atoms in total. The predicted molar refractivity (Wildman–Crippen MR) is 116 cm³/mol. The van der Waals surface area contributed by atoms with E-state index >= 15 is 0 Å². The zero-order chi connectivity index (χ0) is 19.7. The van der Waals surface area contributed by atoms with Crippen LogP contribution in [0.15, 0.2) is 66.7 Å². The highest BCUT2D eigenvalue weighted by Gasteiger charge is 2.30. The zero-order valence-electron chi connectivity index (χ0n) is 16.6. The van der Waals surface area contributed by atoms with Gasteiger partial charge in [-0.2, -0.15) is 0 Å². The normalized spacial score (nSPS) is 13.9. The van der Waals surface area contributed by atoms with Crippen LogP contribution in [0.4, 0.5) is 11.4 Å². The Kier molecular flexibility index (Phi) is 4.78. The maximum atomic E-state index is 8.86. The van der Waals surface area contributed by atoms with Gasteiger partial charge in [0.25, 0.3) is 0 Å². The maximum Gasteiger partial charge on any atom is 0.203 e. The summed E-state index contributed by atoms with van der Waals surface area (Å²) < 4.78 is 6.12. The van der Waals surface area contributed by atoms with Gasteiger partial charge in [0.1, 0.15) is 5.75 Å². The standard InChI is InChI=1S/C24H25N3O/c1-17-15-18(2)23(19(3)16-17)27-14-13-26(24(27)25)21-11-7-8-12-22(21)28-20-9-5-4-6-10-20/h4-12,15-16,25H,13-14H2,1-3H3. The van der Waals surface area contributed by atoms with Gasteiger partial charge in [0, 0.05) is 18.8 Å². The lowest BCUT2D eigenvalue weighted by Crippen LogP contribution is -2.33. The van der Waals surface area contributed by atoms with Crippen LogP contribution >= 0.6 is 0 Å². The van der Waals surface area contributed by atoms with Crippen LogP contribution in [-0.2, 0) is 0 Å². The maximum absolute atomic E-state index is 8.86. The van der Waals surface area contributed by atoms with Gasteiger partial charge in [0.05, 0.1) is 5.69 Å². The molecule has 4 rings (SSSR count). The number of hydrogen-bond acceptors (Lipinski definition) is 2. The number of rotatable bonds is 4. The largest absolute Gasteiger partial charge is 0.455 e. The first-order valence-corrected chi connectivity index (χ1v) is 9.58. The highest BCUT2D eigenvalue weighted by atomic mass is 16.5. The fraction of sp³-hybridized carbons (Fsp3) is 0.208. The molecule has 0 amide bonds. The molecule has 1 aliphatic rings. The Labute approximate surface area is 166 Å². The van der Waals surface area contributed by atoms with Gasteiger partial charge in [-0.25, -0.2) is 0 Å². The van der Waals surface area contributed by atoms with Crippen LogP contribution in [0.2, 0.25) is 0 Å². The SMILES string of the molecule is Cc1cc(C)c(N2CCN(c3ccccc3Oc3ccccc3)C2=N)c(C)c1. The summed E-state index contributed by atoms with van der Waals surface area (Å²) in [4.78, 5) is 4.13. The molecular weight excluding hydrogens is 346 g/mol. The smallest absolute Gasteiger partial charge is 0.203 e. The lowest BCUT2D eigenvalue weighted by Gasteiger charge is -2.26. The monoisotopic (exact) mass is 371 g/mol. The number of ether oxygens (including phenoxy) is 1. The summed E-state index contributed by atoms with van der Waals surface area (Å²) in [6.07, 6.45) is 0. The van der Waals surface area contributed by atoms with Crippen molar-refractivity contribution in [1.82, 2.24) is 0 Å². The number of guanidine groups is 1. The number of nitrogens with one attached hydrogen (secondary N) is 1. The van der Waals surface area contributed by atoms with Crippen molar-refractivity contribution in [2.24, 2.45) is 0 Å². The van der Waals surface area contributed by atoms with E-state index in [1.807, 2.05) is 59.5 Å². The fourth-order valence-electron chi connectivity index (χ4n) is 3.99. The summed E-state index contributed by atoms with van der Waals surface area (Å²) in [6, 6.07) is 22.1. The Balaban J connectivity index is 1.65. The Bertz CT molecular complexity index is 990. The molecule has 1 heterocycles. The first-order valence-electron chi connectivity index (χ1n) is 9.58. The molecule has 1 fully saturated rings. The Morgan fingerprint density at radius 2 is 1.39 bits per heavy atom. The van der Waals surface area contributed by atoms with Crippen molar-refractivity contribution in [1.29, 1.82) is 5.41 Å². The molecule has 142 valence electrons. The van der Waals surface area contributed by atoms with Gasteiger partial charge in [-0.1, -0.05) is 48.0 Å². The van der Waals surface area contributed by atoms with Gasteiger partial charge in [-0.05, 0) is 56.2 Å². The first-order chi connectivity index (χ1) is 13.5. The van der Waals surface area contributed by atoms with E-state index in [1.54, 1.807) is 0 Å². The van der Waals surface area contributed by atoms with E-state index in [0.29, 0.717) is 5.96 Å². The summed E-state index contributed by atoms with van der Waals surface area (Å²) in [7, 11) is 0. The van der Waals surface area contributed by atoms with Crippen LogP contribution in [0.3, 0.4) is 0 Å². The zero-order valence-corrected chi connectivity index (χ0v) is 16.6. The molecule has 28 heavy (non-hydrogen) atoms. The van der Waals surface area contributed by atoms with Crippen LogP contribution in [-0.4, -0.2) is 19.0 Å². The second kappa shape index (κ2) is 7.39. The van der Waals surface area contributed by atoms with E-state index in [2.05, 4.69) is 37.8 Å². The molecule has 0 bridgehead atoms. The highest BCUT2D eigenvalue weighted by molar-refractivity contribution is 6.09. The van der Waals surface area contributed by atoms with E-state index < -0.39 is 0 Å². The summed E-state index contributed by atoms with van der Waals surface area (Å²) in [5.74, 6) is 2.04. The molecule has 0 saturated carbocycles. The molecule has 0 spiro atoms. The molecule has 0 atom stereocenters. The lowest BCUT2D eigenvalue weighted by atomic mass is 10.0. The number of benzene rings is 3. The van der Waals surface area contributed by atoms with E-state index in [9.17, 15) is 0 Å². The van der Waals surface area contributed by atoms with Crippen LogP contribution in [0.5, 0.6) is 11.5 Å². The van der Waals surface area contributed by atoms with Crippen LogP contribution in [0.1, 0.15) is 16.7 Å². The Hall–Kier alpha value is -3.27. The average molecular weight is 371 g/mol. The fourth-order valence-corrected chi connectivity index (χ4v) is 3.99. The van der Waals surface area contributed by atoms with Gasteiger partial charge in [-0.15, -0.1) is 0 Å². The minimum atomic E-state index is 0.485. The predicted octanol–water partition coefficient (Wildman–Crippen LogP) is 5.67. The third kappa shape index (κ3) is 3.33. The topological polar surface area (TPSA) is 39.6 Å². The molecule has 0 unspecified atom stereocenters. The number of anilines is 2. The average Bonchev–Trinajstić information content (AvgIpc) is 3.03. The lowest BCUT2D eigenvalue weighted by molar-refractivity contribution is 0.483. The third-order valence-electron chi connectivity index (χ3n) is 5.09. The van der Waals surface area contributed by atoms with E-state index in [0.717, 1.165) is 36.0 Å². The quantitative estimate of drug-likeness (QED) is 0.643. The van der Waals surface area contributed by atoms with E-state index in [4.69, 9.17) is 10.1 Å². The van der Waals surface area contributed by atoms with Gasteiger partial charge >= 0.3 is 0 Å². The van der Waals surface area contributed by atoms with Gasteiger partial charge < -0.3 is 14.5 Å². The molecule has 0 radical (unpaired) electrons. The van der Waals surface area contributed by atoms with Gasteiger partial charge in [-0.3, -0.25) is 5.41 Å².